The molecular formula is C14H21N3O4. The third kappa shape index (κ3) is 2.65. The molecule has 1 aliphatic heterocycles. The van der Waals surface area contributed by atoms with Crippen molar-refractivity contribution in [2.45, 2.75) is 38.6 Å². The first-order valence-corrected chi connectivity index (χ1v) is 6.92. The van der Waals surface area contributed by atoms with Crippen LogP contribution in [0.15, 0.2) is 0 Å². The van der Waals surface area contributed by atoms with Gasteiger partial charge in [-0.1, -0.05) is 0 Å². The molecule has 2 heterocycles. The van der Waals surface area contributed by atoms with Gasteiger partial charge in [0.2, 0.25) is 5.91 Å². The Labute approximate surface area is 123 Å². The van der Waals surface area contributed by atoms with Crippen molar-refractivity contribution in [1.82, 2.24) is 15.1 Å². The highest BCUT2D eigenvalue weighted by molar-refractivity contribution is 5.90. The Balaban J connectivity index is 2.21. The van der Waals surface area contributed by atoms with Gasteiger partial charge < -0.3 is 15.2 Å². The number of nitrogens with one attached hydrogen (secondary N) is 1. The Hall–Kier alpha value is -1.89. The summed E-state index contributed by atoms with van der Waals surface area (Å²) in [5, 5.41) is 16.3. The third-order valence-electron chi connectivity index (χ3n) is 4.18. The molecule has 0 aromatic carbocycles. The smallest absolute Gasteiger partial charge is 0.331 e. The number of aryl methyl sites for hydroxylation is 2. The number of carbonyl (C=O) groups excluding carboxylic acids is 1. The fraction of sp³-hybridized carbons (Fsp3) is 0.643. The average molecular weight is 295 g/mol. The Kier molecular flexibility index (Phi) is 4.04. The van der Waals surface area contributed by atoms with Crippen LogP contribution in [0.4, 0.5) is 0 Å². The number of carboxylic acid groups (broad SMARTS) is 1. The number of aromatic nitrogens is 2. The zero-order valence-corrected chi connectivity index (χ0v) is 12.8. The van der Waals surface area contributed by atoms with Gasteiger partial charge >= 0.3 is 5.97 Å². The lowest BCUT2D eigenvalue weighted by Crippen LogP contribution is -2.56. The minimum absolute atomic E-state index is 0.00575. The van der Waals surface area contributed by atoms with Crippen molar-refractivity contribution in [3.63, 3.8) is 0 Å². The Bertz CT molecular complexity index is 573. The molecule has 7 nitrogen and oxygen atoms in total. The molecule has 7 heteroatoms. The molecule has 116 valence electrons. The van der Waals surface area contributed by atoms with E-state index in [9.17, 15) is 14.7 Å². The fourth-order valence-electron chi connectivity index (χ4n) is 2.78. The molecule has 0 bridgehead atoms. The first kappa shape index (κ1) is 15.5. The Morgan fingerprint density at radius 1 is 1.48 bits per heavy atom. The molecule has 2 unspecified atom stereocenters. The van der Waals surface area contributed by atoms with Crippen molar-refractivity contribution in [3.8, 4) is 0 Å². The van der Waals surface area contributed by atoms with Gasteiger partial charge in [-0.2, -0.15) is 5.10 Å². The first-order valence-electron chi connectivity index (χ1n) is 6.92. The lowest BCUT2D eigenvalue weighted by Gasteiger charge is -2.25. The number of carboxylic acids is 1. The summed E-state index contributed by atoms with van der Waals surface area (Å²) in [6, 6.07) is 0. The van der Waals surface area contributed by atoms with Crippen molar-refractivity contribution in [3.05, 3.63) is 17.0 Å². The molecule has 1 aliphatic rings. The van der Waals surface area contributed by atoms with E-state index in [1.807, 2.05) is 20.9 Å². The number of hydrogen-bond acceptors (Lipinski definition) is 4. The number of ether oxygens (including phenoxy) is 1. The predicted molar refractivity (Wildman–Crippen MR) is 75.0 cm³/mol. The highest BCUT2D eigenvalue weighted by Gasteiger charge is 2.44. The molecule has 21 heavy (non-hydrogen) atoms. The van der Waals surface area contributed by atoms with Crippen LogP contribution in [0.3, 0.4) is 0 Å². The molecule has 1 amide bonds. The molecule has 0 radical (unpaired) electrons. The van der Waals surface area contributed by atoms with E-state index in [1.165, 1.54) is 0 Å². The minimum atomic E-state index is -1.31. The monoisotopic (exact) mass is 295 g/mol. The summed E-state index contributed by atoms with van der Waals surface area (Å²) in [5.41, 5.74) is 1.22. The largest absolute Gasteiger partial charge is 0.479 e. The van der Waals surface area contributed by atoms with Crippen LogP contribution in [0, 0.1) is 13.8 Å². The third-order valence-corrected chi connectivity index (χ3v) is 4.18. The average Bonchev–Trinajstić information content (AvgIpc) is 2.96. The van der Waals surface area contributed by atoms with E-state index in [1.54, 1.807) is 11.6 Å². The zero-order chi connectivity index (χ0) is 15.8. The molecule has 1 fully saturated rings. The van der Waals surface area contributed by atoms with E-state index in [4.69, 9.17) is 4.74 Å². The van der Waals surface area contributed by atoms with Crippen LogP contribution in [0.5, 0.6) is 0 Å². The maximum absolute atomic E-state index is 12.5. The van der Waals surface area contributed by atoms with Gasteiger partial charge in [0.25, 0.3) is 0 Å². The standard InChI is InChI=1S/C14H21N3O4/c1-8(11-9(2)16-17(4)10(11)3)12(18)15-14(13(19)20)5-6-21-7-14/h8H,5-7H2,1-4H3,(H,15,18)(H,19,20). The first-order chi connectivity index (χ1) is 9.78. The van der Waals surface area contributed by atoms with E-state index < -0.39 is 17.4 Å². The second-order valence-corrected chi connectivity index (χ2v) is 5.61. The van der Waals surface area contributed by atoms with E-state index in [0.29, 0.717) is 6.61 Å². The van der Waals surface area contributed by atoms with Crippen molar-refractivity contribution in [2.75, 3.05) is 13.2 Å². The highest BCUT2D eigenvalue weighted by atomic mass is 16.5. The van der Waals surface area contributed by atoms with Crippen LogP contribution in [0.2, 0.25) is 0 Å². The molecule has 1 saturated heterocycles. The number of carbonyl (C=O) groups is 2. The van der Waals surface area contributed by atoms with Gasteiger partial charge in [0.15, 0.2) is 5.54 Å². The van der Waals surface area contributed by atoms with Gasteiger partial charge in [-0.05, 0) is 20.8 Å². The van der Waals surface area contributed by atoms with Gasteiger partial charge in [0.1, 0.15) is 0 Å². The van der Waals surface area contributed by atoms with Crippen LogP contribution < -0.4 is 5.32 Å². The second kappa shape index (κ2) is 5.48. The summed E-state index contributed by atoms with van der Waals surface area (Å²) in [5.74, 6) is -1.84. The number of aliphatic carboxylic acids is 1. The molecule has 1 aromatic heterocycles. The van der Waals surface area contributed by atoms with Crippen LogP contribution in [-0.4, -0.2) is 45.5 Å². The van der Waals surface area contributed by atoms with Crippen molar-refractivity contribution < 1.29 is 19.4 Å². The molecule has 2 rings (SSSR count). The van der Waals surface area contributed by atoms with Crippen molar-refractivity contribution >= 4 is 11.9 Å². The van der Waals surface area contributed by atoms with Gasteiger partial charge in [0, 0.05) is 31.3 Å². The fourth-order valence-corrected chi connectivity index (χ4v) is 2.78. The summed E-state index contributed by atoms with van der Waals surface area (Å²) in [4.78, 5) is 23.9. The van der Waals surface area contributed by atoms with Crippen molar-refractivity contribution in [2.24, 2.45) is 7.05 Å². The van der Waals surface area contributed by atoms with Crippen LogP contribution >= 0.6 is 0 Å². The molecule has 0 spiro atoms. The normalized spacial score (nSPS) is 23.0. The predicted octanol–water partition coefficient (Wildman–Crippen LogP) is 0.500. The number of hydrogen-bond donors (Lipinski definition) is 2. The van der Waals surface area contributed by atoms with Gasteiger partial charge in [-0.3, -0.25) is 9.48 Å². The van der Waals surface area contributed by atoms with E-state index in [2.05, 4.69) is 10.4 Å². The van der Waals surface area contributed by atoms with Gasteiger partial charge in [-0.15, -0.1) is 0 Å². The van der Waals surface area contributed by atoms with Crippen molar-refractivity contribution in [1.29, 1.82) is 0 Å². The van der Waals surface area contributed by atoms with Crippen LogP contribution in [-0.2, 0) is 21.4 Å². The SMILES string of the molecule is Cc1nn(C)c(C)c1C(C)C(=O)NC1(C(=O)O)CCOC1. The molecular weight excluding hydrogens is 274 g/mol. The Morgan fingerprint density at radius 2 is 2.14 bits per heavy atom. The molecule has 0 saturated carbocycles. The number of nitrogens with zero attached hydrogens (tertiary/aromatic N) is 2. The molecule has 0 aliphatic carbocycles. The molecule has 2 N–H and O–H groups in total. The maximum atomic E-state index is 12.5. The molecule has 1 aromatic rings. The summed E-state index contributed by atoms with van der Waals surface area (Å²) in [6.07, 6.45) is 0.284. The van der Waals surface area contributed by atoms with Crippen LogP contribution in [0.1, 0.15) is 36.2 Å². The lowest BCUT2D eigenvalue weighted by molar-refractivity contribution is -0.147. The van der Waals surface area contributed by atoms with E-state index in [0.717, 1.165) is 17.0 Å². The highest BCUT2D eigenvalue weighted by Crippen LogP contribution is 2.25. The number of amides is 1. The second-order valence-electron chi connectivity index (χ2n) is 5.61. The quantitative estimate of drug-likeness (QED) is 0.843. The minimum Gasteiger partial charge on any atom is -0.479 e. The topological polar surface area (TPSA) is 93.5 Å². The Morgan fingerprint density at radius 3 is 2.57 bits per heavy atom. The van der Waals surface area contributed by atoms with E-state index >= 15 is 0 Å². The van der Waals surface area contributed by atoms with Crippen LogP contribution in [0.25, 0.3) is 0 Å². The lowest BCUT2D eigenvalue weighted by atomic mass is 9.94. The van der Waals surface area contributed by atoms with Gasteiger partial charge in [-0.25, -0.2) is 4.79 Å². The summed E-state index contributed by atoms with van der Waals surface area (Å²) in [6.45, 7) is 5.85. The maximum Gasteiger partial charge on any atom is 0.331 e. The van der Waals surface area contributed by atoms with E-state index in [-0.39, 0.29) is 18.9 Å². The number of rotatable bonds is 4. The van der Waals surface area contributed by atoms with Gasteiger partial charge in [0.05, 0.1) is 18.2 Å². The zero-order valence-electron chi connectivity index (χ0n) is 12.8. The summed E-state index contributed by atoms with van der Waals surface area (Å²) < 4.78 is 6.87. The summed E-state index contributed by atoms with van der Waals surface area (Å²) >= 11 is 0. The molecule has 2 atom stereocenters. The summed E-state index contributed by atoms with van der Waals surface area (Å²) in [7, 11) is 1.82.